The molecule has 0 aliphatic heterocycles. The van der Waals surface area contributed by atoms with Gasteiger partial charge in [-0.05, 0) is 68.0 Å². The Morgan fingerprint density at radius 3 is 2.90 bits per heavy atom. The molecule has 1 saturated carbocycles. The molecule has 2 N–H and O–H groups in total. The summed E-state index contributed by atoms with van der Waals surface area (Å²) in [5, 5.41) is 11.2. The number of aromatic nitrogens is 3. The van der Waals surface area contributed by atoms with Crippen molar-refractivity contribution in [1.82, 2.24) is 25.4 Å². The zero-order valence-electron chi connectivity index (χ0n) is 18.2. The molecule has 7 nitrogen and oxygen atoms in total. The number of pyridine rings is 1. The highest BCUT2D eigenvalue weighted by atomic mass is 16.5. The van der Waals surface area contributed by atoms with Gasteiger partial charge in [-0.2, -0.15) is 5.10 Å². The van der Waals surface area contributed by atoms with E-state index in [1.807, 2.05) is 29.1 Å². The van der Waals surface area contributed by atoms with Crippen molar-refractivity contribution in [2.75, 3.05) is 13.2 Å². The van der Waals surface area contributed by atoms with Crippen LogP contribution in [0.3, 0.4) is 0 Å². The van der Waals surface area contributed by atoms with E-state index in [-0.39, 0.29) is 6.04 Å². The molecular formula is C24H30N6O. The minimum atomic E-state index is 0.0863. The Hall–Kier alpha value is -3.35. The van der Waals surface area contributed by atoms with E-state index in [1.54, 1.807) is 12.4 Å². The Labute approximate surface area is 183 Å². The maximum atomic E-state index is 5.79. The topological polar surface area (TPSA) is 76.4 Å². The second-order valence-corrected chi connectivity index (χ2v) is 7.86. The number of aliphatic imine (C=N–C) groups is 1. The normalized spacial score (nSPS) is 14.8. The third-order valence-electron chi connectivity index (χ3n) is 5.22. The number of rotatable bonds is 9. The first-order valence-electron chi connectivity index (χ1n) is 10.9. The molecule has 1 unspecified atom stereocenters. The van der Waals surface area contributed by atoms with Gasteiger partial charge in [0.2, 0.25) is 5.88 Å². The van der Waals surface area contributed by atoms with E-state index in [2.05, 4.69) is 58.8 Å². The van der Waals surface area contributed by atoms with Crippen LogP contribution in [0.5, 0.6) is 5.88 Å². The minimum absolute atomic E-state index is 0.0863. The Kier molecular flexibility index (Phi) is 6.82. The summed E-state index contributed by atoms with van der Waals surface area (Å²) < 4.78 is 7.65. The van der Waals surface area contributed by atoms with Crippen molar-refractivity contribution >= 4 is 5.96 Å². The lowest BCUT2D eigenvalue weighted by atomic mass is 10.1. The van der Waals surface area contributed by atoms with Crippen molar-refractivity contribution in [3.63, 3.8) is 0 Å². The summed E-state index contributed by atoms with van der Waals surface area (Å²) in [6, 6.07) is 14.3. The molecule has 0 spiro atoms. The average Bonchev–Trinajstić information content (AvgIpc) is 3.47. The molecular weight excluding hydrogens is 388 g/mol. The first-order chi connectivity index (χ1) is 15.2. The third-order valence-corrected chi connectivity index (χ3v) is 5.22. The highest BCUT2D eigenvalue weighted by molar-refractivity contribution is 5.80. The van der Waals surface area contributed by atoms with E-state index in [4.69, 9.17) is 9.73 Å². The molecule has 0 bridgehead atoms. The molecule has 0 amide bonds. The van der Waals surface area contributed by atoms with Crippen molar-refractivity contribution in [3.8, 4) is 11.6 Å². The van der Waals surface area contributed by atoms with Gasteiger partial charge in [-0.1, -0.05) is 12.1 Å². The Morgan fingerprint density at radius 1 is 1.23 bits per heavy atom. The summed E-state index contributed by atoms with van der Waals surface area (Å²) in [4.78, 5) is 9.07. The van der Waals surface area contributed by atoms with Crippen LogP contribution in [0.2, 0.25) is 0 Å². The quantitative estimate of drug-likeness (QED) is 0.407. The van der Waals surface area contributed by atoms with Gasteiger partial charge >= 0.3 is 0 Å². The zero-order valence-corrected chi connectivity index (χ0v) is 18.2. The van der Waals surface area contributed by atoms with Gasteiger partial charge in [0.05, 0.1) is 24.9 Å². The molecule has 1 aromatic carbocycles. The van der Waals surface area contributed by atoms with E-state index < -0.39 is 0 Å². The molecule has 1 aliphatic rings. The summed E-state index contributed by atoms with van der Waals surface area (Å²) in [5.74, 6) is 2.17. The lowest BCUT2D eigenvalue weighted by Crippen LogP contribution is -2.38. The predicted molar refractivity (Wildman–Crippen MR) is 122 cm³/mol. The predicted octanol–water partition coefficient (Wildman–Crippen LogP) is 3.87. The molecule has 1 aliphatic carbocycles. The van der Waals surface area contributed by atoms with E-state index in [0.29, 0.717) is 18.3 Å². The summed E-state index contributed by atoms with van der Waals surface area (Å²) in [7, 11) is 0. The van der Waals surface area contributed by atoms with Crippen LogP contribution in [0.15, 0.2) is 66.0 Å². The van der Waals surface area contributed by atoms with Gasteiger partial charge in [-0.25, -0.2) is 14.7 Å². The standard InChI is InChI=1S/C24H30N6O/c1-3-25-24(27-16-20-10-12-26-23(14-20)31-17-19-8-9-19)29-18(2)21-6-4-7-22(15-21)30-13-5-11-28-30/h4-7,10-15,18-19H,3,8-9,16-17H2,1-2H3,(H2,25,27,29). The maximum Gasteiger partial charge on any atom is 0.213 e. The molecule has 1 atom stereocenters. The van der Waals surface area contributed by atoms with E-state index in [1.165, 1.54) is 18.4 Å². The third kappa shape index (κ3) is 6.07. The van der Waals surface area contributed by atoms with Gasteiger partial charge in [0, 0.05) is 31.2 Å². The molecule has 31 heavy (non-hydrogen) atoms. The van der Waals surface area contributed by atoms with Crippen LogP contribution in [0.1, 0.15) is 43.9 Å². The highest BCUT2D eigenvalue weighted by Gasteiger charge is 2.22. The highest BCUT2D eigenvalue weighted by Crippen LogP contribution is 2.29. The maximum absolute atomic E-state index is 5.79. The fourth-order valence-electron chi connectivity index (χ4n) is 3.25. The fourth-order valence-corrected chi connectivity index (χ4v) is 3.25. The van der Waals surface area contributed by atoms with Gasteiger partial charge in [0.1, 0.15) is 0 Å². The second-order valence-electron chi connectivity index (χ2n) is 7.86. The van der Waals surface area contributed by atoms with Crippen LogP contribution in [-0.4, -0.2) is 33.9 Å². The van der Waals surface area contributed by atoms with Crippen molar-refractivity contribution < 1.29 is 4.74 Å². The molecule has 4 rings (SSSR count). The molecule has 0 saturated heterocycles. The zero-order chi connectivity index (χ0) is 21.5. The van der Waals surface area contributed by atoms with Gasteiger partial charge in [0.25, 0.3) is 0 Å². The van der Waals surface area contributed by atoms with Gasteiger partial charge < -0.3 is 15.4 Å². The number of ether oxygens (including phenoxy) is 1. The Balaban J connectivity index is 1.40. The number of nitrogens with zero attached hydrogens (tertiary/aromatic N) is 4. The summed E-state index contributed by atoms with van der Waals surface area (Å²) in [5.41, 5.74) is 3.28. The summed E-state index contributed by atoms with van der Waals surface area (Å²) in [6.45, 7) is 6.30. The van der Waals surface area contributed by atoms with Crippen LogP contribution < -0.4 is 15.4 Å². The lowest BCUT2D eigenvalue weighted by molar-refractivity contribution is 0.288. The van der Waals surface area contributed by atoms with E-state index >= 15 is 0 Å². The number of guanidine groups is 1. The lowest BCUT2D eigenvalue weighted by Gasteiger charge is -2.19. The minimum Gasteiger partial charge on any atom is -0.477 e. The molecule has 0 radical (unpaired) electrons. The molecule has 2 aromatic heterocycles. The average molecular weight is 419 g/mol. The van der Waals surface area contributed by atoms with Crippen LogP contribution in [0.25, 0.3) is 5.69 Å². The second kappa shape index (κ2) is 10.1. The Morgan fingerprint density at radius 2 is 2.13 bits per heavy atom. The number of benzene rings is 1. The van der Waals surface area contributed by atoms with Crippen molar-refractivity contribution in [3.05, 3.63) is 72.2 Å². The monoisotopic (exact) mass is 418 g/mol. The molecule has 162 valence electrons. The SMILES string of the molecule is CCNC(=NCc1ccnc(OCC2CC2)c1)NC(C)c1cccc(-n2cccn2)c1. The summed E-state index contributed by atoms with van der Waals surface area (Å²) >= 11 is 0. The summed E-state index contributed by atoms with van der Waals surface area (Å²) in [6.07, 6.45) is 8.05. The number of nitrogens with one attached hydrogen (secondary N) is 2. The van der Waals surface area contributed by atoms with Crippen LogP contribution in [-0.2, 0) is 6.54 Å². The number of hydrogen-bond acceptors (Lipinski definition) is 4. The largest absolute Gasteiger partial charge is 0.477 e. The van der Waals surface area contributed by atoms with Crippen molar-refractivity contribution in [1.29, 1.82) is 0 Å². The van der Waals surface area contributed by atoms with Crippen LogP contribution in [0.4, 0.5) is 0 Å². The fraction of sp³-hybridized carbons (Fsp3) is 0.375. The van der Waals surface area contributed by atoms with Crippen LogP contribution in [0, 0.1) is 5.92 Å². The molecule has 1 fully saturated rings. The molecule has 7 heteroatoms. The van der Waals surface area contributed by atoms with Gasteiger partial charge in [0.15, 0.2) is 5.96 Å². The first-order valence-corrected chi connectivity index (χ1v) is 10.9. The molecule has 2 heterocycles. The number of hydrogen-bond donors (Lipinski definition) is 2. The van der Waals surface area contributed by atoms with E-state index in [9.17, 15) is 0 Å². The smallest absolute Gasteiger partial charge is 0.213 e. The van der Waals surface area contributed by atoms with Crippen molar-refractivity contribution in [2.45, 2.75) is 39.3 Å². The van der Waals surface area contributed by atoms with Crippen molar-refractivity contribution in [2.24, 2.45) is 10.9 Å². The van der Waals surface area contributed by atoms with Crippen LogP contribution >= 0.6 is 0 Å². The first kappa shape index (κ1) is 20.9. The van der Waals surface area contributed by atoms with Gasteiger partial charge in [-0.15, -0.1) is 0 Å². The molecule has 3 aromatic rings. The Bertz CT molecular complexity index is 997. The van der Waals surface area contributed by atoms with Gasteiger partial charge in [-0.3, -0.25) is 0 Å². The van der Waals surface area contributed by atoms with E-state index in [0.717, 1.165) is 30.4 Å².